The van der Waals surface area contributed by atoms with Crippen molar-refractivity contribution in [2.24, 2.45) is 11.1 Å². The van der Waals surface area contributed by atoms with Crippen LogP contribution in [-0.4, -0.2) is 27.0 Å². The van der Waals surface area contributed by atoms with Gasteiger partial charge in [-0.05, 0) is 31.9 Å². The molecule has 1 aliphatic carbocycles. The topological polar surface area (TPSA) is 85.3 Å². The third-order valence-corrected chi connectivity index (χ3v) is 4.51. The number of nitrogens with zero attached hydrogens (tertiary/aromatic N) is 3. The van der Waals surface area contributed by atoms with E-state index in [0.717, 1.165) is 37.2 Å². The Balaban J connectivity index is 0.00000132. The Kier molecular flexibility index (Phi) is 6.80. The number of aromatic nitrogens is 3. The van der Waals surface area contributed by atoms with Crippen LogP contribution in [0.4, 0.5) is 0 Å². The Hall–Kier alpha value is -1.37. The highest BCUT2D eigenvalue weighted by Gasteiger charge is 2.40. The van der Waals surface area contributed by atoms with Gasteiger partial charge in [0.05, 0.1) is 11.5 Å². The normalized spacial score (nSPS) is 17.1. The van der Waals surface area contributed by atoms with Gasteiger partial charge in [-0.3, -0.25) is 9.20 Å². The Morgan fingerprint density at radius 2 is 2.04 bits per heavy atom. The molecule has 0 spiro atoms. The zero-order valence-corrected chi connectivity index (χ0v) is 14.7. The van der Waals surface area contributed by atoms with Crippen molar-refractivity contribution < 1.29 is 4.79 Å². The molecule has 1 aliphatic rings. The number of rotatable bonds is 4. The van der Waals surface area contributed by atoms with E-state index in [1.54, 1.807) is 0 Å². The number of amides is 1. The molecule has 1 saturated carbocycles. The molecular weight excluding hydrogens is 337 g/mol. The Morgan fingerprint density at radius 3 is 2.70 bits per heavy atom. The molecule has 23 heavy (non-hydrogen) atoms. The zero-order chi connectivity index (χ0) is 14.9. The fraction of sp³-hybridized carbons (Fsp3) is 0.533. The number of pyridine rings is 1. The molecule has 1 fully saturated rings. The molecule has 0 bridgehead atoms. The second-order valence-electron chi connectivity index (χ2n) is 5.87. The van der Waals surface area contributed by atoms with Gasteiger partial charge in [0, 0.05) is 12.7 Å². The third kappa shape index (κ3) is 3.59. The van der Waals surface area contributed by atoms with Crippen LogP contribution in [0.15, 0.2) is 24.4 Å². The Labute approximate surface area is 148 Å². The van der Waals surface area contributed by atoms with Gasteiger partial charge in [-0.25, -0.2) is 0 Å². The number of carbonyl (C=O) groups excluding carboxylic acids is 1. The highest BCUT2D eigenvalue weighted by molar-refractivity contribution is 5.85. The number of nitrogens with two attached hydrogens (primary N) is 1. The van der Waals surface area contributed by atoms with Crippen LogP contribution >= 0.6 is 24.8 Å². The second kappa shape index (κ2) is 7.95. The first kappa shape index (κ1) is 19.7. The summed E-state index contributed by atoms with van der Waals surface area (Å²) in [5.74, 6) is 0.784. The van der Waals surface area contributed by atoms with Gasteiger partial charge >= 0.3 is 0 Å². The zero-order valence-electron chi connectivity index (χ0n) is 13.1. The van der Waals surface area contributed by atoms with Gasteiger partial charge < -0.3 is 11.1 Å². The van der Waals surface area contributed by atoms with E-state index in [0.29, 0.717) is 6.54 Å². The minimum absolute atomic E-state index is 0. The van der Waals surface area contributed by atoms with Crippen LogP contribution < -0.4 is 11.1 Å². The summed E-state index contributed by atoms with van der Waals surface area (Å²) in [6.07, 6.45) is 5.81. The van der Waals surface area contributed by atoms with Crippen molar-refractivity contribution in [1.82, 2.24) is 19.9 Å². The lowest BCUT2D eigenvalue weighted by Gasteiger charge is -2.27. The summed E-state index contributed by atoms with van der Waals surface area (Å²) >= 11 is 0. The number of nitrogens with one attached hydrogen (secondary N) is 1. The molecule has 1 atom stereocenters. The van der Waals surface area contributed by atoms with Crippen LogP contribution in [0.1, 0.15) is 44.5 Å². The maximum absolute atomic E-state index is 12.6. The molecule has 2 aromatic heterocycles. The first-order valence-electron chi connectivity index (χ1n) is 7.47. The number of carbonyl (C=O) groups is 1. The molecule has 1 unspecified atom stereocenters. The minimum atomic E-state index is -0.394. The van der Waals surface area contributed by atoms with Gasteiger partial charge in [-0.2, -0.15) is 0 Å². The van der Waals surface area contributed by atoms with E-state index in [9.17, 15) is 4.79 Å². The van der Waals surface area contributed by atoms with E-state index in [-0.39, 0.29) is 36.8 Å². The van der Waals surface area contributed by atoms with Crippen molar-refractivity contribution in [2.75, 3.05) is 6.54 Å². The highest BCUT2D eigenvalue weighted by Crippen LogP contribution is 2.37. The predicted octanol–water partition coefficient (Wildman–Crippen LogP) is 2.27. The molecule has 2 heterocycles. The smallest absolute Gasteiger partial charge is 0.228 e. The number of hydrogen-bond acceptors (Lipinski definition) is 4. The van der Waals surface area contributed by atoms with E-state index >= 15 is 0 Å². The Morgan fingerprint density at radius 1 is 1.35 bits per heavy atom. The largest absolute Gasteiger partial charge is 0.346 e. The van der Waals surface area contributed by atoms with Crippen molar-refractivity contribution in [1.29, 1.82) is 0 Å². The average Bonchev–Trinajstić information content (AvgIpc) is 3.14. The fourth-order valence-electron chi connectivity index (χ4n) is 3.15. The number of fused-ring (bicyclic) bond motifs is 1. The highest BCUT2D eigenvalue weighted by atomic mass is 35.5. The lowest BCUT2D eigenvalue weighted by Crippen LogP contribution is -2.45. The van der Waals surface area contributed by atoms with Crippen molar-refractivity contribution in [3.63, 3.8) is 0 Å². The van der Waals surface area contributed by atoms with Crippen LogP contribution in [-0.2, 0) is 4.79 Å². The molecule has 1 amide bonds. The summed E-state index contributed by atoms with van der Waals surface area (Å²) < 4.78 is 1.90. The Bertz CT molecular complexity index is 654. The average molecular weight is 360 g/mol. The van der Waals surface area contributed by atoms with Crippen LogP contribution in [0, 0.1) is 5.41 Å². The summed E-state index contributed by atoms with van der Waals surface area (Å²) in [6.45, 7) is 2.34. The summed E-state index contributed by atoms with van der Waals surface area (Å²) in [5.41, 5.74) is 6.25. The first-order chi connectivity index (χ1) is 10.2. The van der Waals surface area contributed by atoms with Gasteiger partial charge in [0.25, 0.3) is 0 Å². The molecule has 0 saturated heterocycles. The molecule has 0 aromatic carbocycles. The minimum Gasteiger partial charge on any atom is -0.346 e. The maximum atomic E-state index is 12.6. The molecule has 0 aliphatic heterocycles. The van der Waals surface area contributed by atoms with Gasteiger partial charge in [0.15, 0.2) is 11.5 Å². The summed E-state index contributed by atoms with van der Waals surface area (Å²) in [6, 6.07) is 5.54. The standard InChI is InChI=1S/C15H21N5O.2ClH/c1-11(13-19-18-12-6-2-5-9-20(12)13)17-14(21)15(10-16)7-3-4-8-15;;/h2,5-6,9,11H,3-4,7-8,10,16H2,1H3,(H,17,21);2*1H. The van der Waals surface area contributed by atoms with E-state index in [1.165, 1.54) is 0 Å². The monoisotopic (exact) mass is 359 g/mol. The van der Waals surface area contributed by atoms with E-state index < -0.39 is 5.41 Å². The lowest BCUT2D eigenvalue weighted by molar-refractivity contribution is -0.131. The van der Waals surface area contributed by atoms with Gasteiger partial charge in [0.2, 0.25) is 5.91 Å². The predicted molar refractivity (Wildman–Crippen MR) is 94.0 cm³/mol. The lowest BCUT2D eigenvalue weighted by atomic mass is 9.85. The van der Waals surface area contributed by atoms with E-state index in [4.69, 9.17) is 5.73 Å². The first-order valence-corrected chi connectivity index (χ1v) is 7.47. The van der Waals surface area contributed by atoms with Crippen molar-refractivity contribution in [2.45, 2.75) is 38.6 Å². The number of halogens is 2. The molecule has 3 rings (SSSR count). The molecule has 0 radical (unpaired) electrons. The molecule has 8 heteroatoms. The van der Waals surface area contributed by atoms with Crippen LogP contribution in [0.2, 0.25) is 0 Å². The van der Waals surface area contributed by atoms with Gasteiger partial charge in [-0.15, -0.1) is 35.0 Å². The van der Waals surface area contributed by atoms with Crippen molar-refractivity contribution >= 4 is 36.4 Å². The van der Waals surface area contributed by atoms with Crippen molar-refractivity contribution in [3.8, 4) is 0 Å². The van der Waals surface area contributed by atoms with Crippen LogP contribution in [0.5, 0.6) is 0 Å². The van der Waals surface area contributed by atoms with Crippen molar-refractivity contribution in [3.05, 3.63) is 30.2 Å². The fourth-order valence-corrected chi connectivity index (χ4v) is 3.15. The third-order valence-electron chi connectivity index (χ3n) is 4.51. The number of hydrogen-bond donors (Lipinski definition) is 2. The molecule has 3 N–H and O–H groups in total. The quantitative estimate of drug-likeness (QED) is 0.876. The van der Waals surface area contributed by atoms with Crippen LogP contribution in [0.3, 0.4) is 0 Å². The SMILES string of the molecule is CC(NC(=O)C1(CN)CCCC1)c1nnc2ccccn12.Cl.Cl. The summed E-state index contributed by atoms with van der Waals surface area (Å²) in [5, 5.41) is 11.4. The maximum Gasteiger partial charge on any atom is 0.228 e. The molecule has 128 valence electrons. The summed E-state index contributed by atoms with van der Waals surface area (Å²) in [7, 11) is 0. The van der Waals surface area contributed by atoms with E-state index in [1.807, 2.05) is 35.7 Å². The van der Waals surface area contributed by atoms with Crippen LogP contribution in [0.25, 0.3) is 5.65 Å². The summed E-state index contributed by atoms with van der Waals surface area (Å²) in [4.78, 5) is 12.6. The van der Waals surface area contributed by atoms with E-state index in [2.05, 4.69) is 15.5 Å². The second-order valence-corrected chi connectivity index (χ2v) is 5.87. The molecule has 2 aromatic rings. The molecular formula is C15H23Cl2N5O. The van der Waals surface area contributed by atoms with Gasteiger partial charge in [0.1, 0.15) is 0 Å². The van der Waals surface area contributed by atoms with Gasteiger partial charge in [-0.1, -0.05) is 18.9 Å². The molecule has 6 nitrogen and oxygen atoms in total.